The summed E-state index contributed by atoms with van der Waals surface area (Å²) in [5.74, 6) is 0.192. The van der Waals surface area contributed by atoms with Crippen molar-refractivity contribution in [1.29, 1.82) is 0 Å². The van der Waals surface area contributed by atoms with Gasteiger partial charge in [0.05, 0.1) is 19.1 Å². The summed E-state index contributed by atoms with van der Waals surface area (Å²) in [5.41, 5.74) is 0.848. The molecule has 1 atom stereocenters. The zero-order chi connectivity index (χ0) is 27.8. The average Bonchev–Trinajstić information content (AvgIpc) is 2.80. The van der Waals surface area contributed by atoms with E-state index in [0.717, 1.165) is 11.8 Å². The molecule has 0 aliphatic carbocycles. The molecule has 2 amide bonds. The fourth-order valence-corrected chi connectivity index (χ4v) is 5.04. The molecule has 204 valence electrons. The number of sulfonamides is 1. The molecule has 0 aliphatic rings. The van der Waals surface area contributed by atoms with Crippen molar-refractivity contribution in [3.05, 3.63) is 59.1 Å². The van der Waals surface area contributed by atoms with E-state index >= 15 is 0 Å². The first-order valence-electron chi connectivity index (χ1n) is 12.2. The molecule has 2 rings (SSSR count). The number of ether oxygens (including phenoxy) is 1. The number of hydrogen-bond acceptors (Lipinski definition) is 5. The highest BCUT2D eigenvalue weighted by Gasteiger charge is 2.30. The number of nitrogens with zero attached hydrogens (tertiary/aromatic N) is 2. The van der Waals surface area contributed by atoms with Crippen molar-refractivity contribution in [2.45, 2.75) is 65.1 Å². The number of nitrogens with one attached hydrogen (secondary N) is 1. The van der Waals surface area contributed by atoms with E-state index in [1.807, 2.05) is 52.0 Å². The second-order valence-corrected chi connectivity index (χ2v) is 12.3. The Bertz CT molecular complexity index is 1160. The molecule has 0 heterocycles. The summed E-state index contributed by atoms with van der Waals surface area (Å²) in [7, 11) is -2.00. The lowest BCUT2D eigenvalue weighted by molar-refractivity contribution is -0.142. The van der Waals surface area contributed by atoms with E-state index in [-0.39, 0.29) is 37.7 Å². The zero-order valence-corrected chi connectivity index (χ0v) is 24.0. The van der Waals surface area contributed by atoms with E-state index in [0.29, 0.717) is 22.9 Å². The van der Waals surface area contributed by atoms with Crippen LogP contribution in [0.5, 0.6) is 5.75 Å². The lowest BCUT2D eigenvalue weighted by Gasteiger charge is -2.33. The zero-order valence-electron chi connectivity index (χ0n) is 22.5. The van der Waals surface area contributed by atoms with Gasteiger partial charge in [0.15, 0.2) is 0 Å². The molecular weight excluding hydrogens is 514 g/mol. The molecule has 0 saturated heterocycles. The number of halogens is 1. The standard InChI is InChI=1S/C27H38ClN3O5S/c1-7-24(26(33)29-27(2,3)4)30(19-20-10-8-11-23(18-20)36-5)25(32)12-9-17-31(37(6,34)35)22-15-13-21(28)14-16-22/h8,10-11,13-16,18,24H,7,9,12,17,19H2,1-6H3,(H,29,33)/t24-/m1/s1. The number of rotatable bonds is 12. The minimum atomic E-state index is -3.57. The second-order valence-electron chi connectivity index (χ2n) is 9.95. The van der Waals surface area contributed by atoms with Crippen molar-refractivity contribution in [3.63, 3.8) is 0 Å². The fraction of sp³-hybridized carbons (Fsp3) is 0.481. The first kappa shape index (κ1) is 30.4. The molecule has 0 bridgehead atoms. The van der Waals surface area contributed by atoms with Crippen LogP contribution in [-0.4, -0.2) is 56.6 Å². The predicted molar refractivity (Wildman–Crippen MR) is 148 cm³/mol. The minimum absolute atomic E-state index is 0.0723. The Morgan fingerprint density at radius 1 is 1.11 bits per heavy atom. The van der Waals surface area contributed by atoms with Gasteiger partial charge in [-0.25, -0.2) is 8.42 Å². The molecule has 1 N–H and O–H groups in total. The van der Waals surface area contributed by atoms with Gasteiger partial charge in [-0.1, -0.05) is 30.7 Å². The Balaban J connectivity index is 2.25. The highest BCUT2D eigenvalue weighted by molar-refractivity contribution is 7.92. The monoisotopic (exact) mass is 551 g/mol. The summed E-state index contributed by atoms with van der Waals surface area (Å²) in [4.78, 5) is 28.2. The van der Waals surface area contributed by atoms with E-state index in [4.69, 9.17) is 16.3 Å². The molecule has 10 heteroatoms. The van der Waals surface area contributed by atoms with E-state index in [1.54, 1.807) is 36.3 Å². The van der Waals surface area contributed by atoms with Gasteiger partial charge < -0.3 is 15.0 Å². The van der Waals surface area contributed by atoms with Crippen molar-refractivity contribution < 1.29 is 22.7 Å². The molecule has 37 heavy (non-hydrogen) atoms. The van der Waals surface area contributed by atoms with Gasteiger partial charge in [-0.3, -0.25) is 13.9 Å². The van der Waals surface area contributed by atoms with E-state index < -0.39 is 21.6 Å². The third-order valence-electron chi connectivity index (χ3n) is 5.64. The van der Waals surface area contributed by atoms with Gasteiger partial charge in [0.2, 0.25) is 21.8 Å². The Morgan fingerprint density at radius 3 is 2.30 bits per heavy atom. The molecule has 0 unspecified atom stereocenters. The molecule has 2 aromatic carbocycles. The summed E-state index contributed by atoms with van der Waals surface area (Å²) < 4.78 is 31.4. The van der Waals surface area contributed by atoms with Gasteiger partial charge in [-0.15, -0.1) is 0 Å². The molecule has 0 aliphatic heterocycles. The minimum Gasteiger partial charge on any atom is -0.497 e. The first-order chi connectivity index (χ1) is 17.2. The van der Waals surface area contributed by atoms with Crippen LogP contribution in [0.1, 0.15) is 52.5 Å². The topological polar surface area (TPSA) is 96.0 Å². The molecule has 0 aromatic heterocycles. The predicted octanol–water partition coefficient (Wildman–Crippen LogP) is 4.62. The Kier molecular flexibility index (Phi) is 10.8. The average molecular weight is 552 g/mol. The van der Waals surface area contributed by atoms with E-state index in [1.165, 1.54) is 4.31 Å². The van der Waals surface area contributed by atoms with Crippen LogP contribution in [0.2, 0.25) is 5.02 Å². The van der Waals surface area contributed by atoms with Gasteiger partial charge in [0.1, 0.15) is 11.8 Å². The SMILES string of the molecule is CC[C@H](C(=O)NC(C)(C)C)N(Cc1cccc(OC)c1)C(=O)CCCN(c1ccc(Cl)cc1)S(C)(=O)=O. The third kappa shape index (κ3) is 9.55. The number of carbonyl (C=O) groups excluding carboxylic acids is 2. The van der Waals surface area contributed by atoms with Crippen LogP contribution < -0.4 is 14.4 Å². The third-order valence-corrected chi connectivity index (χ3v) is 7.08. The molecule has 2 aromatic rings. The van der Waals surface area contributed by atoms with Gasteiger partial charge in [-0.05, 0) is 75.6 Å². The quantitative estimate of drug-likeness (QED) is 0.415. The van der Waals surface area contributed by atoms with Crippen LogP contribution >= 0.6 is 11.6 Å². The summed E-state index contributed by atoms with van der Waals surface area (Å²) in [6.45, 7) is 7.88. The normalized spacial score (nSPS) is 12.5. The van der Waals surface area contributed by atoms with Crippen molar-refractivity contribution in [1.82, 2.24) is 10.2 Å². The number of amides is 2. The Labute approximate surface area is 226 Å². The van der Waals surface area contributed by atoms with Crippen molar-refractivity contribution >= 4 is 39.1 Å². The van der Waals surface area contributed by atoms with Crippen molar-refractivity contribution in [2.24, 2.45) is 0 Å². The molecule has 0 fully saturated rings. The van der Waals surface area contributed by atoms with Crippen LogP contribution in [0.15, 0.2) is 48.5 Å². The summed E-state index contributed by atoms with van der Waals surface area (Å²) in [6, 6.07) is 13.2. The van der Waals surface area contributed by atoms with Gasteiger partial charge in [0, 0.05) is 30.1 Å². The number of hydrogen-bond donors (Lipinski definition) is 1. The number of carbonyl (C=O) groups is 2. The van der Waals surface area contributed by atoms with Gasteiger partial charge >= 0.3 is 0 Å². The second kappa shape index (κ2) is 13.1. The molecule has 0 spiro atoms. The largest absolute Gasteiger partial charge is 0.497 e. The lowest BCUT2D eigenvalue weighted by Crippen LogP contribution is -2.53. The van der Waals surface area contributed by atoms with E-state index in [2.05, 4.69) is 5.32 Å². The smallest absolute Gasteiger partial charge is 0.243 e. The molecule has 8 nitrogen and oxygen atoms in total. The fourth-order valence-electron chi connectivity index (χ4n) is 3.95. The van der Waals surface area contributed by atoms with Crippen molar-refractivity contribution in [2.75, 3.05) is 24.2 Å². The summed E-state index contributed by atoms with van der Waals surface area (Å²) in [5, 5.41) is 3.48. The maximum absolute atomic E-state index is 13.5. The van der Waals surface area contributed by atoms with Crippen LogP contribution in [0.4, 0.5) is 5.69 Å². The van der Waals surface area contributed by atoms with Gasteiger partial charge in [0.25, 0.3) is 0 Å². The van der Waals surface area contributed by atoms with E-state index in [9.17, 15) is 18.0 Å². The van der Waals surface area contributed by atoms with Crippen LogP contribution in [-0.2, 0) is 26.2 Å². The van der Waals surface area contributed by atoms with Crippen LogP contribution in [0.3, 0.4) is 0 Å². The highest BCUT2D eigenvalue weighted by atomic mass is 35.5. The Hall–Kier alpha value is -2.78. The first-order valence-corrected chi connectivity index (χ1v) is 14.5. The lowest BCUT2D eigenvalue weighted by atomic mass is 10.0. The van der Waals surface area contributed by atoms with Crippen LogP contribution in [0.25, 0.3) is 0 Å². The number of methoxy groups -OCH3 is 1. The van der Waals surface area contributed by atoms with Gasteiger partial charge in [-0.2, -0.15) is 0 Å². The molecule has 0 radical (unpaired) electrons. The number of benzene rings is 2. The summed E-state index contributed by atoms with van der Waals surface area (Å²) >= 11 is 5.95. The highest BCUT2D eigenvalue weighted by Crippen LogP contribution is 2.22. The molecule has 0 saturated carbocycles. The summed E-state index contributed by atoms with van der Waals surface area (Å²) in [6.07, 6.45) is 1.91. The molecular formula is C27H38ClN3O5S. The maximum Gasteiger partial charge on any atom is 0.243 e. The Morgan fingerprint density at radius 2 is 1.76 bits per heavy atom. The maximum atomic E-state index is 13.5. The number of anilines is 1. The van der Waals surface area contributed by atoms with Crippen molar-refractivity contribution in [3.8, 4) is 5.75 Å². The van der Waals surface area contributed by atoms with Crippen LogP contribution in [0, 0.1) is 0 Å².